The summed E-state index contributed by atoms with van der Waals surface area (Å²) in [7, 11) is 1.52. The first kappa shape index (κ1) is 19.7. The molecule has 4 rings (SSSR count). The predicted octanol–water partition coefficient (Wildman–Crippen LogP) is 2.98. The number of rotatable bonds is 4. The molecule has 2 heterocycles. The van der Waals surface area contributed by atoms with E-state index in [-0.39, 0.29) is 23.0 Å². The minimum absolute atomic E-state index is 0.131. The third-order valence-corrected chi connectivity index (χ3v) is 5.45. The van der Waals surface area contributed by atoms with Gasteiger partial charge in [-0.1, -0.05) is 0 Å². The van der Waals surface area contributed by atoms with Crippen molar-refractivity contribution in [2.24, 2.45) is 0 Å². The first-order valence-electron chi connectivity index (χ1n) is 9.43. The molecule has 2 atom stereocenters. The molecule has 0 saturated heterocycles. The summed E-state index contributed by atoms with van der Waals surface area (Å²) in [5, 5.41) is 10.4. The molecular weight excluding hydrogens is 388 g/mol. The maximum atomic E-state index is 13.0. The summed E-state index contributed by atoms with van der Waals surface area (Å²) in [6.45, 7) is 3.32. The van der Waals surface area contributed by atoms with Crippen LogP contribution >= 0.6 is 0 Å². The molecule has 0 aromatic heterocycles. The molecule has 1 aromatic rings. The van der Waals surface area contributed by atoms with Gasteiger partial charge in [0.05, 0.1) is 25.0 Å². The number of ether oxygens (including phenoxy) is 3. The van der Waals surface area contributed by atoms with Gasteiger partial charge in [-0.2, -0.15) is 0 Å². The van der Waals surface area contributed by atoms with Crippen molar-refractivity contribution >= 4 is 23.3 Å². The Morgan fingerprint density at radius 3 is 2.63 bits per heavy atom. The van der Waals surface area contributed by atoms with E-state index in [0.717, 1.165) is 6.08 Å². The highest BCUT2D eigenvalue weighted by Gasteiger charge is 2.54. The summed E-state index contributed by atoms with van der Waals surface area (Å²) >= 11 is 0. The van der Waals surface area contributed by atoms with Crippen LogP contribution in [0.5, 0.6) is 5.75 Å². The summed E-state index contributed by atoms with van der Waals surface area (Å²) < 4.78 is 15.8. The van der Waals surface area contributed by atoms with Crippen molar-refractivity contribution < 1.29 is 33.7 Å². The van der Waals surface area contributed by atoms with E-state index in [1.807, 2.05) is 6.92 Å². The van der Waals surface area contributed by atoms with Crippen molar-refractivity contribution in [3.05, 3.63) is 70.5 Å². The zero-order valence-electron chi connectivity index (χ0n) is 16.7. The molecule has 0 spiro atoms. The number of Topliss-reactive ketones (excluding diaryl/α,β-unsaturated/α-hetero) is 1. The van der Waals surface area contributed by atoms with Crippen molar-refractivity contribution in [1.82, 2.24) is 0 Å². The molecular formula is C23H20O7. The maximum absolute atomic E-state index is 13.0. The minimum Gasteiger partial charge on any atom is -0.507 e. The number of aliphatic hydroxyl groups is 1. The normalized spacial score (nSPS) is 25.6. The van der Waals surface area contributed by atoms with Crippen LogP contribution in [0.3, 0.4) is 0 Å². The Morgan fingerprint density at radius 1 is 1.27 bits per heavy atom. The van der Waals surface area contributed by atoms with Gasteiger partial charge in [0.25, 0.3) is 0 Å². The molecule has 0 amide bonds. The fourth-order valence-electron chi connectivity index (χ4n) is 3.79. The number of esters is 1. The average molecular weight is 408 g/mol. The SMILES string of the molecule is COc1ccc(/C(O)=C/C(=O)C2=C3C=C4CC(C)OC=C4C(=O)C3(C)OC2=O)cc1. The van der Waals surface area contributed by atoms with Crippen molar-refractivity contribution in [1.29, 1.82) is 0 Å². The van der Waals surface area contributed by atoms with E-state index >= 15 is 0 Å². The first-order chi connectivity index (χ1) is 14.2. The number of aliphatic hydroxyl groups excluding tert-OH is 1. The van der Waals surface area contributed by atoms with E-state index in [4.69, 9.17) is 14.2 Å². The van der Waals surface area contributed by atoms with E-state index in [9.17, 15) is 19.5 Å². The van der Waals surface area contributed by atoms with Gasteiger partial charge in [-0.25, -0.2) is 4.79 Å². The highest BCUT2D eigenvalue weighted by atomic mass is 16.6. The molecule has 7 nitrogen and oxygen atoms in total. The van der Waals surface area contributed by atoms with E-state index in [2.05, 4.69) is 0 Å². The Bertz CT molecular complexity index is 1090. The van der Waals surface area contributed by atoms with Gasteiger partial charge in [0, 0.05) is 23.6 Å². The fourth-order valence-corrected chi connectivity index (χ4v) is 3.79. The minimum atomic E-state index is -1.59. The number of benzene rings is 1. The summed E-state index contributed by atoms with van der Waals surface area (Å²) in [4.78, 5) is 38.4. The van der Waals surface area contributed by atoms with Crippen molar-refractivity contribution in [2.45, 2.75) is 32.0 Å². The third kappa shape index (κ3) is 3.03. The van der Waals surface area contributed by atoms with Crippen LogP contribution in [0.2, 0.25) is 0 Å². The largest absolute Gasteiger partial charge is 0.507 e. The lowest BCUT2D eigenvalue weighted by atomic mass is 9.76. The zero-order chi connectivity index (χ0) is 21.6. The maximum Gasteiger partial charge on any atom is 0.343 e. The number of ketones is 2. The van der Waals surface area contributed by atoms with Gasteiger partial charge in [0.2, 0.25) is 5.78 Å². The number of carbonyl (C=O) groups excluding carboxylic acids is 3. The number of allylic oxidation sites excluding steroid dienone is 1. The van der Waals surface area contributed by atoms with Gasteiger partial charge >= 0.3 is 5.97 Å². The molecule has 0 saturated carbocycles. The van der Waals surface area contributed by atoms with Crippen molar-refractivity contribution in [3.63, 3.8) is 0 Å². The average Bonchev–Trinajstić information content (AvgIpc) is 2.98. The number of carbonyl (C=O) groups is 3. The highest BCUT2D eigenvalue weighted by molar-refractivity contribution is 6.28. The van der Waals surface area contributed by atoms with Crippen LogP contribution in [0, 0.1) is 0 Å². The van der Waals surface area contributed by atoms with Crippen LogP contribution in [0.25, 0.3) is 5.76 Å². The van der Waals surface area contributed by atoms with Crippen LogP contribution < -0.4 is 4.74 Å². The van der Waals surface area contributed by atoms with Gasteiger partial charge in [0.15, 0.2) is 11.4 Å². The van der Waals surface area contributed by atoms with Crippen LogP contribution in [0.4, 0.5) is 0 Å². The zero-order valence-corrected chi connectivity index (χ0v) is 16.7. The summed E-state index contributed by atoms with van der Waals surface area (Å²) in [5.41, 5.74) is -0.217. The van der Waals surface area contributed by atoms with Gasteiger partial charge in [-0.15, -0.1) is 0 Å². The number of hydrogen-bond donors (Lipinski definition) is 1. The molecule has 1 aliphatic carbocycles. The number of hydrogen-bond acceptors (Lipinski definition) is 7. The molecule has 154 valence electrons. The molecule has 0 radical (unpaired) electrons. The predicted molar refractivity (Wildman–Crippen MR) is 106 cm³/mol. The summed E-state index contributed by atoms with van der Waals surface area (Å²) in [6.07, 6.45) is 4.34. The topological polar surface area (TPSA) is 99.1 Å². The van der Waals surface area contributed by atoms with E-state index < -0.39 is 23.1 Å². The monoisotopic (exact) mass is 408 g/mol. The smallest absolute Gasteiger partial charge is 0.343 e. The Labute approximate surface area is 172 Å². The van der Waals surface area contributed by atoms with Crippen molar-refractivity contribution in [2.75, 3.05) is 7.11 Å². The second-order valence-corrected chi connectivity index (χ2v) is 7.51. The molecule has 0 fully saturated rings. The van der Waals surface area contributed by atoms with Gasteiger partial charge in [-0.3, -0.25) is 9.59 Å². The Hall–Kier alpha value is -3.61. The Balaban J connectivity index is 1.76. The van der Waals surface area contributed by atoms with Crippen LogP contribution in [-0.2, 0) is 23.9 Å². The standard InChI is InChI=1S/C23H20O7/c1-12-8-14-9-17-20(22(27)30-23(17,2)21(26)16(14)11-29-12)19(25)10-18(24)13-4-6-15(28-3)7-5-13/h4-7,9-12,24H,8H2,1-3H3/b18-10-. The van der Waals surface area contributed by atoms with Crippen LogP contribution in [0.1, 0.15) is 25.8 Å². The lowest BCUT2D eigenvalue weighted by molar-refractivity contribution is -0.153. The lowest BCUT2D eigenvalue weighted by Crippen LogP contribution is -2.42. The van der Waals surface area contributed by atoms with Crippen LogP contribution in [0.15, 0.2) is 65.0 Å². The van der Waals surface area contributed by atoms with Crippen molar-refractivity contribution in [3.8, 4) is 5.75 Å². The molecule has 3 aliphatic rings. The van der Waals surface area contributed by atoms with Gasteiger partial charge < -0.3 is 19.3 Å². The molecule has 1 N–H and O–H groups in total. The number of fused-ring (bicyclic) bond motifs is 2. The highest BCUT2D eigenvalue weighted by Crippen LogP contribution is 2.44. The third-order valence-electron chi connectivity index (χ3n) is 5.45. The van der Waals surface area contributed by atoms with E-state index in [0.29, 0.717) is 28.9 Å². The van der Waals surface area contributed by atoms with E-state index in [1.54, 1.807) is 30.3 Å². The molecule has 7 heteroatoms. The Morgan fingerprint density at radius 2 is 1.97 bits per heavy atom. The summed E-state index contributed by atoms with van der Waals surface area (Å²) in [6, 6.07) is 6.44. The summed E-state index contributed by atoms with van der Waals surface area (Å²) in [5.74, 6) is -1.77. The fraction of sp³-hybridized carbons (Fsp3) is 0.261. The molecule has 2 unspecified atom stereocenters. The molecule has 0 bridgehead atoms. The molecule has 2 aliphatic heterocycles. The second kappa shape index (κ2) is 7.02. The van der Waals surface area contributed by atoms with E-state index in [1.165, 1.54) is 20.3 Å². The first-order valence-corrected chi connectivity index (χ1v) is 9.43. The molecule has 1 aromatic carbocycles. The quantitative estimate of drug-likeness (QED) is 0.354. The Kier molecular flexibility index (Phi) is 4.61. The second-order valence-electron chi connectivity index (χ2n) is 7.51. The van der Waals surface area contributed by atoms with Gasteiger partial charge in [-0.05, 0) is 49.8 Å². The van der Waals surface area contributed by atoms with Gasteiger partial charge in [0.1, 0.15) is 17.1 Å². The van der Waals surface area contributed by atoms with Crippen LogP contribution in [-0.4, -0.2) is 41.5 Å². The molecule has 30 heavy (non-hydrogen) atoms. The lowest BCUT2D eigenvalue weighted by Gasteiger charge is -2.33. The number of methoxy groups -OCH3 is 1.